The van der Waals surface area contributed by atoms with Crippen LogP contribution in [-0.2, 0) is 17.8 Å². The second-order valence-corrected chi connectivity index (χ2v) is 7.67. The lowest BCUT2D eigenvalue weighted by Gasteiger charge is -2.09. The summed E-state index contributed by atoms with van der Waals surface area (Å²) in [5, 5.41) is 2.93. The Balaban J connectivity index is 1.66. The van der Waals surface area contributed by atoms with Gasteiger partial charge in [-0.2, -0.15) is 0 Å². The van der Waals surface area contributed by atoms with Crippen molar-refractivity contribution in [3.63, 3.8) is 0 Å². The van der Waals surface area contributed by atoms with Gasteiger partial charge in [0.05, 0.1) is 17.8 Å². The van der Waals surface area contributed by atoms with Gasteiger partial charge in [0.2, 0.25) is 5.91 Å². The number of hydrogen-bond acceptors (Lipinski definition) is 2. The summed E-state index contributed by atoms with van der Waals surface area (Å²) in [6, 6.07) is 16.4. The maximum absolute atomic E-state index is 13.1. The van der Waals surface area contributed by atoms with E-state index in [2.05, 4.69) is 37.4 Å². The molecule has 0 aliphatic rings. The number of imidazole rings is 1. The van der Waals surface area contributed by atoms with E-state index in [9.17, 15) is 9.18 Å². The number of aryl methyl sites for hydroxylation is 3. The Morgan fingerprint density at radius 1 is 1.00 bits per heavy atom. The lowest BCUT2D eigenvalue weighted by Crippen LogP contribution is -2.25. The van der Waals surface area contributed by atoms with E-state index >= 15 is 0 Å². The zero-order valence-corrected chi connectivity index (χ0v) is 17.4. The van der Waals surface area contributed by atoms with Gasteiger partial charge in [-0.25, -0.2) is 9.37 Å². The Morgan fingerprint density at radius 2 is 1.77 bits per heavy atom. The van der Waals surface area contributed by atoms with Crippen molar-refractivity contribution in [2.75, 3.05) is 0 Å². The van der Waals surface area contributed by atoms with Gasteiger partial charge in [0.1, 0.15) is 11.5 Å². The average molecular weight is 401 g/mol. The van der Waals surface area contributed by atoms with Gasteiger partial charge in [-0.3, -0.25) is 4.79 Å². The van der Waals surface area contributed by atoms with E-state index in [-0.39, 0.29) is 18.1 Å². The van der Waals surface area contributed by atoms with Gasteiger partial charge in [0.25, 0.3) is 0 Å². The number of hydrogen-bond donors (Lipinski definition) is 1. The average Bonchev–Trinajstić information content (AvgIpc) is 3.09. The third-order valence-electron chi connectivity index (χ3n) is 5.46. The van der Waals surface area contributed by atoms with Crippen molar-refractivity contribution >= 4 is 11.6 Å². The molecule has 0 bridgehead atoms. The third-order valence-corrected chi connectivity index (χ3v) is 5.46. The van der Waals surface area contributed by atoms with Gasteiger partial charge < -0.3 is 9.72 Å². The summed E-state index contributed by atoms with van der Waals surface area (Å²) in [7, 11) is 0. The zero-order chi connectivity index (χ0) is 21.3. The minimum Gasteiger partial charge on any atom is -0.352 e. The molecule has 0 aliphatic carbocycles. The fourth-order valence-electron chi connectivity index (χ4n) is 3.56. The molecule has 0 fully saturated rings. The first kappa shape index (κ1) is 19.8. The molecule has 0 aliphatic heterocycles. The van der Waals surface area contributed by atoms with Crippen LogP contribution in [0.2, 0.25) is 0 Å². The van der Waals surface area contributed by atoms with Crippen LogP contribution >= 0.6 is 0 Å². The van der Waals surface area contributed by atoms with Crippen LogP contribution in [0.15, 0.2) is 60.8 Å². The Bertz CT molecular complexity index is 1230. The molecule has 4 nitrogen and oxygen atoms in total. The summed E-state index contributed by atoms with van der Waals surface area (Å²) < 4.78 is 15.1. The summed E-state index contributed by atoms with van der Waals surface area (Å²) >= 11 is 0. The lowest BCUT2D eigenvalue weighted by molar-refractivity contribution is -0.120. The SMILES string of the molecule is Cc1ccc(-c2nc3c(C)cccn3c2CC(=O)NCc2ccc(F)cc2)cc1C. The first-order chi connectivity index (χ1) is 14.4. The first-order valence-electron chi connectivity index (χ1n) is 9.97. The summed E-state index contributed by atoms with van der Waals surface area (Å²) in [6.07, 6.45) is 2.15. The highest BCUT2D eigenvalue weighted by atomic mass is 19.1. The van der Waals surface area contributed by atoms with Crippen LogP contribution < -0.4 is 5.32 Å². The van der Waals surface area contributed by atoms with E-state index < -0.39 is 0 Å². The molecule has 0 unspecified atom stereocenters. The highest BCUT2D eigenvalue weighted by Crippen LogP contribution is 2.28. The monoisotopic (exact) mass is 401 g/mol. The Hall–Kier alpha value is -3.47. The van der Waals surface area contributed by atoms with Crippen molar-refractivity contribution in [1.82, 2.24) is 14.7 Å². The maximum Gasteiger partial charge on any atom is 0.226 e. The molecule has 4 aromatic rings. The van der Waals surface area contributed by atoms with E-state index in [4.69, 9.17) is 4.98 Å². The standard InChI is InChI=1S/C25H24FN3O/c1-16-6-9-20(13-18(16)3)24-22(29-12-4-5-17(2)25(29)28-24)14-23(30)27-15-19-7-10-21(26)11-8-19/h4-13H,14-15H2,1-3H3,(H,27,30). The van der Waals surface area contributed by atoms with E-state index in [1.807, 2.05) is 29.7 Å². The molecule has 2 heterocycles. The van der Waals surface area contributed by atoms with Crippen molar-refractivity contribution in [3.05, 3.63) is 94.6 Å². The van der Waals surface area contributed by atoms with Crippen LogP contribution in [0.1, 0.15) is 27.9 Å². The topological polar surface area (TPSA) is 46.4 Å². The predicted molar refractivity (Wildman–Crippen MR) is 117 cm³/mol. The van der Waals surface area contributed by atoms with Gasteiger partial charge in [-0.05, 0) is 67.3 Å². The fraction of sp³-hybridized carbons (Fsp3) is 0.200. The number of halogens is 1. The largest absolute Gasteiger partial charge is 0.352 e. The van der Waals surface area contributed by atoms with Gasteiger partial charge in [-0.1, -0.05) is 30.3 Å². The summed E-state index contributed by atoms with van der Waals surface area (Å²) in [5.74, 6) is -0.392. The maximum atomic E-state index is 13.1. The van der Waals surface area contributed by atoms with E-state index in [0.29, 0.717) is 6.54 Å². The van der Waals surface area contributed by atoms with Crippen molar-refractivity contribution < 1.29 is 9.18 Å². The number of aromatic nitrogens is 2. The molecular formula is C25H24FN3O. The molecule has 2 aromatic heterocycles. The molecule has 0 saturated carbocycles. The minimum atomic E-state index is -0.288. The third kappa shape index (κ3) is 3.96. The second-order valence-electron chi connectivity index (χ2n) is 7.67. The van der Waals surface area contributed by atoms with E-state index in [1.165, 1.54) is 23.3 Å². The summed E-state index contributed by atoms with van der Waals surface area (Å²) in [4.78, 5) is 17.6. The lowest BCUT2D eigenvalue weighted by atomic mass is 10.0. The van der Waals surface area contributed by atoms with Gasteiger partial charge in [-0.15, -0.1) is 0 Å². The zero-order valence-electron chi connectivity index (χ0n) is 17.4. The second kappa shape index (κ2) is 8.11. The van der Waals surface area contributed by atoms with E-state index in [0.717, 1.165) is 33.7 Å². The minimum absolute atomic E-state index is 0.104. The number of nitrogens with one attached hydrogen (secondary N) is 1. The van der Waals surface area contributed by atoms with Gasteiger partial charge >= 0.3 is 0 Å². The quantitative estimate of drug-likeness (QED) is 0.516. The molecule has 0 spiro atoms. The Kier molecular flexibility index (Phi) is 5.36. The van der Waals surface area contributed by atoms with Gasteiger partial charge in [0, 0.05) is 18.3 Å². The molecular weight excluding hydrogens is 377 g/mol. The number of pyridine rings is 1. The van der Waals surface area contributed by atoms with Crippen LogP contribution in [0, 0.1) is 26.6 Å². The molecule has 2 aromatic carbocycles. The molecule has 5 heteroatoms. The predicted octanol–water partition coefficient (Wildman–Crippen LogP) is 4.92. The highest BCUT2D eigenvalue weighted by molar-refractivity contribution is 5.82. The Morgan fingerprint density at radius 3 is 2.50 bits per heavy atom. The van der Waals surface area contributed by atoms with Crippen LogP contribution in [0.4, 0.5) is 4.39 Å². The number of fused-ring (bicyclic) bond motifs is 1. The number of rotatable bonds is 5. The normalized spacial score (nSPS) is 11.1. The molecule has 30 heavy (non-hydrogen) atoms. The molecule has 0 atom stereocenters. The highest BCUT2D eigenvalue weighted by Gasteiger charge is 2.18. The number of amides is 1. The van der Waals surface area contributed by atoms with Crippen LogP contribution in [-0.4, -0.2) is 15.3 Å². The molecule has 4 rings (SSSR count). The van der Waals surface area contributed by atoms with Crippen molar-refractivity contribution in [1.29, 1.82) is 0 Å². The van der Waals surface area contributed by atoms with Crippen LogP contribution in [0.25, 0.3) is 16.9 Å². The molecule has 152 valence electrons. The van der Waals surface area contributed by atoms with Gasteiger partial charge in [0.15, 0.2) is 0 Å². The van der Waals surface area contributed by atoms with Crippen molar-refractivity contribution in [3.8, 4) is 11.3 Å². The molecule has 0 radical (unpaired) electrons. The fourth-order valence-corrected chi connectivity index (χ4v) is 3.56. The Labute approximate surface area is 175 Å². The number of carbonyl (C=O) groups excluding carboxylic acids is 1. The summed E-state index contributed by atoms with van der Waals surface area (Å²) in [5.41, 5.74) is 7.85. The van der Waals surface area contributed by atoms with E-state index in [1.54, 1.807) is 12.1 Å². The number of nitrogens with zero attached hydrogens (tertiary/aromatic N) is 2. The van der Waals surface area contributed by atoms with Crippen LogP contribution in [0.3, 0.4) is 0 Å². The first-order valence-corrected chi connectivity index (χ1v) is 9.97. The number of carbonyl (C=O) groups is 1. The molecule has 0 saturated heterocycles. The van der Waals surface area contributed by atoms with Crippen LogP contribution in [0.5, 0.6) is 0 Å². The summed E-state index contributed by atoms with van der Waals surface area (Å²) in [6.45, 7) is 6.53. The smallest absolute Gasteiger partial charge is 0.226 e. The number of benzene rings is 2. The van der Waals surface area contributed by atoms with Crippen molar-refractivity contribution in [2.24, 2.45) is 0 Å². The molecule has 1 N–H and O–H groups in total. The van der Waals surface area contributed by atoms with Crippen molar-refractivity contribution in [2.45, 2.75) is 33.7 Å². The molecule has 1 amide bonds.